The van der Waals surface area contributed by atoms with Gasteiger partial charge in [0.1, 0.15) is 18.3 Å². The van der Waals surface area contributed by atoms with Gasteiger partial charge >= 0.3 is 5.69 Å². The number of carbonyl (C=O) groups excluding carboxylic acids is 1. The zero-order valence-electron chi connectivity index (χ0n) is 35.5. The average molecular weight is 769 g/mol. The maximum absolute atomic E-state index is 13.7. The quantitative estimate of drug-likeness (QED) is 0.109. The van der Waals surface area contributed by atoms with E-state index in [1.54, 1.807) is 0 Å². The highest BCUT2D eigenvalue weighted by atomic mass is 28.4. The van der Waals surface area contributed by atoms with Crippen LogP contribution in [0.4, 0.5) is 5.82 Å². The lowest BCUT2D eigenvalue weighted by atomic mass is 10.1. The van der Waals surface area contributed by atoms with Crippen LogP contribution in [0, 0.1) is 0 Å². The number of unbranched alkanes of at least 4 members (excludes halogenated alkanes) is 8. The Morgan fingerprint density at radius 2 is 1.24 bits per heavy atom. The van der Waals surface area contributed by atoms with Gasteiger partial charge in [0.15, 0.2) is 37.0 Å². The van der Waals surface area contributed by atoms with Crippen molar-refractivity contribution in [2.24, 2.45) is 0 Å². The molecule has 1 aromatic heterocycles. The summed E-state index contributed by atoms with van der Waals surface area (Å²) in [6.07, 6.45) is 9.96. The smallest absolute Gasteiger partial charge is 0.368 e. The van der Waals surface area contributed by atoms with Crippen molar-refractivity contribution >= 4 is 36.7 Å². The third-order valence-electron chi connectivity index (χ3n) is 11.9. The number of hydrogen-bond donors (Lipinski definition) is 1. The molecule has 51 heavy (non-hydrogen) atoms. The van der Waals surface area contributed by atoms with Crippen LogP contribution < -0.4 is 11.0 Å². The number of ether oxygens (including phenoxy) is 1. The number of nitrogens with zero attached hydrogens (tertiary/aromatic N) is 3. The van der Waals surface area contributed by atoms with Crippen LogP contribution in [-0.4, -0.2) is 70.5 Å². The number of carbonyl (C=O) groups is 1. The van der Waals surface area contributed by atoms with E-state index in [-0.39, 0.29) is 26.8 Å². The highest BCUT2D eigenvalue weighted by Gasteiger charge is 2.55. The first kappa shape index (κ1) is 45.9. The molecule has 1 saturated heterocycles. The van der Waals surface area contributed by atoms with E-state index in [9.17, 15) is 9.59 Å². The summed E-state index contributed by atoms with van der Waals surface area (Å²) in [4.78, 5) is 30.7. The highest BCUT2D eigenvalue weighted by molar-refractivity contribution is 6.75. The molecule has 4 atom stereocenters. The van der Waals surface area contributed by atoms with Crippen molar-refractivity contribution in [3.63, 3.8) is 0 Å². The van der Waals surface area contributed by atoms with Crippen LogP contribution in [0.3, 0.4) is 0 Å². The summed E-state index contributed by atoms with van der Waals surface area (Å²) in [5, 5.41) is 7.15. The number of rotatable bonds is 19. The van der Waals surface area contributed by atoms with Crippen molar-refractivity contribution < 1.29 is 22.8 Å². The molecule has 13 heteroatoms. The molecule has 1 aliphatic rings. The van der Waals surface area contributed by atoms with Gasteiger partial charge < -0.3 is 23.3 Å². The molecule has 2 rings (SSSR count). The molecule has 0 aromatic carbocycles. The lowest BCUT2D eigenvalue weighted by Crippen LogP contribution is -2.55. The first-order valence-corrected chi connectivity index (χ1v) is 28.4. The topological polar surface area (TPSA) is 114 Å². The normalized spacial score (nSPS) is 20.9. The van der Waals surface area contributed by atoms with E-state index in [1.807, 2.05) is 0 Å². The van der Waals surface area contributed by atoms with Crippen molar-refractivity contribution in [1.29, 1.82) is 0 Å². The van der Waals surface area contributed by atoms with Gasteiger partial charge in [-0.2, -0.15) is 14.8 Å². The minimum Gasteiger partial charge on any atom is -0.414 e. The predicted molar refractivity (Wildman–Crippen MR) is 218 cm³/mol. The van der Waals surface area contributed by atoms with Gasteiger partial charge in [-0.05, 0) is 60.8 Å². The van der Waals surface area contributed by atoms with Crippen LogP contribution in [0.15, 0.2) is 11.0 Å². The molecule has 1 aliphatic heterocycles. The molecule has 1 aromatic rings. The summed E-state index contributed by atoms with van der Waals surface area (Å²) < 4.78 is 29.1. The Kier molecular flexibility index (Phi) is 16.6. The summed E-state index contributed by atoms with van der Waals surface area (Å²) >= 11 is 0. The maximum Gasteiger partial charge on any atom is 0.368 e. The fourth-order valence-electron chi connectivity index (χ4n) is 5.23. The van der Waals surface area contributed by atoms with E-state index in [1.165, 1.54) is 49.4 Å². The third-order valence-corrected chi connectivity index (χ3v) is 25.4. The van der Waals surface area contributed by atoms with Gasteiger partial charge in [0.25, 0.3) is 0 Å². The monoisotopic (exact) mass is 769 g/mol. The molecule has 0 unspecified atom stereocenters. The lowest BCUT2D eigenvalue weighted by Gasteiger charge is -2.44. The molecule has 2 heterocycles. The van der Waals surface area contributed by atoms with Crippen molar-refractivity contribution in [2.75, 3.05) is 11.9 Å². The molecule has 1 fully saturated rings. The van der Waals surface area contributed by atoms with E-state index >= 15 is 0 Å². The molecule has 1 N–H and O–H groups in total. The molecular formula is C38H76N4O6Si3. The molecule has 0 bridgehead atoms. The summed E-state index contributed by atoms with van der Waals surface area (Å²) in [5.74, 6) is -0.0183. The van der Waals surface area contributed by atoms with Gasteiger partial charge in [-0.15, -0.1) is 0 Å². The predicted octanol–water partition coefficient (Wildman–Crippen LogP) is 10.2. The molecule has 10 nitrogen and oxygen atoms in total. The van der Waals surface area contributed by atoms with Crippen LogP contribution in [0.2, 0.25) is 54.4 Å². The SMILES string of the molecule is CCCCCCCCCCCC(=O)Nc1cnn([C@@H]2O[C@H](CO[Si](C)(C)C(C)(C)C)[C@@H](O[Si](C)(C)C(C)(C)C)[C@H]2O[Si](C)(C)C(C)(C)C)c(=O)n1. The Bertz CT molecular complexity index is 1300. The lowest BCUT2D eigenvalue weighted by molar-refractivity contribution is -0.116. The Balaban J connectivity index is 2.37. The summed E-state index contributed by atoms with van der Waals surface area (Å²) in [5.41, 5.74) is -0.609. The van der Waals surface area contributed by atoms with Crippen LogP contribution >= 0.6 is 0 Å². The van der Waals surface area contributed by atoms with Gasteiger partial charge in [0.2, 0.25) is 5.91 Å². The third kappa shape index (κ3) is 13.2. The number of nitrogens with one attached hydrogen (secondary N) is 1. The van der Waals surface area contributed by atoms with E-state index in [2.05, 4.69) is 124 Å². The molecule has 296 valence electrons. The van der Waals surface area contributed by atoms with Crippen molar-refractivity contribution in [1.82, 2.24) is 14.8 Å². The second-order valence-electron chi connectivity index (χ2n) is 19.3. The molecular weight excluding hydrogens is 693 g/mol. The van der Waals surface area contributed by atoms with Crippen molar-refractivity contribution in [2.45, 2.75) is 212 Å². The molecule has 0 aliphatic carbocycles. The fraction of sp³-hybridized carbons (Fsp3) is 0.895. The second kappa shape index (κ2) is 18.4. The largest absolute Gasteiger partial charge is 0.414 e. The van der Waals surface area contributed by atoms with Crippen LogP contribution in [0.5, 0.6) is 0 Å². The van der Waals surface area contributed by atoms with Crippen molar-refractivity contribution in [3.8, 4) is 0 Å². The van der Waals surface area contributed by atoms with Crippen LogP contribution in [-0.2, 0) is 22.8 Å². The fourth-order valence-corrected chi connectivity index (χ4v) is 8.85. The van der Waals surface area contributed by atoms with Crippen LogP contribution in [0.1, 0.15) is 140 Å². The number of hydrogen-bond acceptors (Lipinski definition) is 8. The number of amides is 1. The molecule has 0 spiro atoms. The van der Waals surface area contributed by atoms with Crippen LogP contribution in [0.25, 0.3) is 0 Å². The highest BCUT2D eigenvalue weighted by Crippen LogP contribution is 2.46. The van der Waals surface area contributed by atoms with E-state index in [0.717, 1.165) is 19.3 Å². The maximum atomic E-state index is 13.7. The Labute approximate surface area is 314 Å². The minimum absolute atomic E-state index is 0.00833. The summed E-state index contributed by atoms with van der Waals surface area (Å²) in [6.45, 7) is 35.8. The van der Waals surface area contributed by atoms with E-state index in [0.29, 0.717) is 13.0 Å². The first-order chi connectivity index (χ1) is 23.2. The number of aromatic nitrogens is 3. The Hall–Kier alpha value is -1.23. The van der Waals surface area contributed by atoms with Gasteiger partial charge in [-0.25, -0.2) is 4.79 Å². The first-order valence-electron chi connectivity index (χ1n) is 19.6. The summed E-state index contributed by atoms with van der Waals surface area (Å²) in [6, 6.07) is 0. The van der Waals surface area contributed by atoms with E-state index in [4.69, 9.17) is 18.0 Å². The molecule has 1 amide bonds. The second-order valence-corrected chi connectivity index (χ2v) is 33.6. The Morgan fingerprint density at radius 1 is 0.765 bits per heavy atom. The zero-order valence-corrected chi connectivity index (χ0v) is 38.5. The van der Waals surface area contributed by atoms with Gasteiger partial charge in [-0.1, -0.05) is 121 Å². The van der Waals surface area contributed by atoms with Crippen molar-refractivity contribution in [3.05, 3.63) is 16.7 Å². The zero-order chi connectivity index (χ0) is 39.1. The van der Waals surface area contributed by atoms with E-state index < -0.39 is 55.2 Å². The number of anilines is 1. The standard InChI is InChI=1S/C38H76N4O6Si3/c1-17-18-19-20-21-22-23-24-25-26-31(43)40-30-27-39-42(35(44)41-30)34-33(48-51(15,16)38(8,9)10)32(47-50(13,14)37(5,6)7)29(46-34)28-45-49(11,12)36(2,3)4/h27,29,32-34H,17-26,28H2,1-16H3,(H,40,41,43,44)/t29-,32-,33-,34-/m1/s1. The van der Waals surface area contributed by atoms with Gasteiger partial charge in [0.05, 0.1) is 12.8 Å². The van der Waals surface area contributed by atoms with Gasteiger partial charge in [-0.3, -0.25) is 4.79 Å². The van der Waals surface area contributed by atoms with Gasteiger partial charge in [0, 0.05) is 6.42 Å². The Morgan fingerprint density at radius 3 is 1.71 bits per heavy atom. The summed E-state index contributed by atoms with van der Waals surface area (Å²) in [7, 11) is -6.90. The molecule has 0 radical (unpaired) electrons. The average Bonchev–Trinajstić information content (AvgIpc) is 3.28. The minimum atomic E-state index is -2.40. The molecule has 0 saturated carbocycles.